The Morgan fingerprint density at radius 3 is 2.38 bits per heavy atom. The zero-order valence-corrected chi connectivity index (χ0v) is 15.9. The molecule has 1 heterocycles. The van der Waals surface area contributed by atoms with Gasteiger partial charge in [0.15, 0.2) is 0 Å². The third kappa shape index (κ3) is 6.03. The first kappa shape index (κ1) is 19.8. The third-order valence-electron chi connectivity index (χ3n) is 4.02. The van der Waals surface area contributed by atoms with E-state index in [-0.39, 0.29) is 12.5 Å². The molecule has 0 saturated heterocycles. The second kappa shape index (κ2) is 9.32. The number of hydrogen-bond donors (Lipinski definition) is 3. The summed E-state index contributed by atoms with van der Waals surface area (Å²) in [5.74, 6) is -1.62. The lowest BCUT2D eigenvalue weighted by atomic mass is 10.2. The van der Waals surface area contributed by atoms with Crippen LogP contribution in [0.15, 0.2) is 67.0 Å². The maximum atomic E-state index is 12.1. The molecule has 3 aromatic rings. The monoisotopic (exact) mass is 391 g/mol. The van der Waals surface area contributed by atoms with Crippen LogP contribution in [0, 0.1) is 0 Å². The Bertz CT molecular complexity index is 997. The van der Waals surface area contributed by atoms with Crippen LogP contribution in [0.5, 0.6) is 0 Å². The van der Waals surface area contributed by atoms with Crippen molar-refractivity contribution in [3.8, 4) is 0 Å². The van der Waals surface area contributed by atoms with Crippen LogP contribution < -0.4 is 16.0 Å². The van der Waals surface area contributed by atoms with Gasteiger partial charge in [0.25, 0.3) is 0 Å². The average molecular weight is 391 g/mol. The summed E-state index contributed by atoms with van der Waals surface area (Å²) in [5, 5.41) is 12.0. The van der Waals surface area contributed by atoms with Gasteiger partial charge in [-0.25, -0.2) is 0 Å². The zero-order valence-electron chi connectivity index (χ0n) is 15.9. The van der Waals surface area contributed by atoms with Crippen molar-refractivity contribution >= 4 is 29.1 Å². The molecule has 0 radical (unpaired) electrons. The summed E-state index contributed by atoms with van der Waals surface area (Å²) in [6.45, 7) is 2.20. The number of amides is 3. The van der Waals surface area contributed by atoms with Gasteiger partial charge in [0.05, 0.1) is 6.54 Å². The molecule has 3 amide bonds. The Hall–Kier alpha value is -3.94. The molecule has 0 saturated carbocycles. The van der Waals surface area contributed by atoms with Crippen LogP contribution in [0.3, 0.4) is 0 Å². The van der Waals surface area contributed by atoms with Crippen molar-refractivity contribution < 1.29 is 14.4 Å². The minimum atomic E-state index is -0.740. The number of nitrogens with zero attached hydrogens (tertiary/aromatic N) is 2. The second-order valence-electron chi connectivity index (χ2n) is 6.42. The first-order valence-electron chi connectivity index (χ1n) is 9.02. The maximum absolute atomic E-state index is 12.1. The van der Waals surface area contributed by atoms with Crippen molar-refractivity contribution in [2.45, 2.75) is 20.0 Å². The zero-order chi connectivity index (χ0) is 20.6. The van der Waals surface area contributed by atoms with Gasteiger partial charge in [-0.2, -0.15) is 5.10 Å². The number of rotatable bonds is 6. The third-order valence-corrected chi connectivity index (χ3v) is 4.02. The smallest absolute Gasteiger partial charge is 0.313 e. The average Bonchev–Trinajstić information content (AvgIpc) is 3.20. The minimum Gasteiger partial charge on any atom is -0.344 e. The molecule has 8 nitrogen and oxygen atoms in total. The van der Waals surface area contributed by atoms with Crippen molar-refractivity contribution in [2.75, 3.05) is 10.6 Å². The Morgan fingerprint density at radius 1 is 0.897 bits per heavy atom. The molecule has 8 heteroatoms. The number of carbonyl (C=O) groups excluding carboxylic acids is 3. The van der Waals surface area contributed by atoms with E-state index < -0.39 is 11.8 Å². The standard InChI is InChI=1S/C21H21N5O3/c1-15(27)24-18-8-6-16(7-9-18)13-22-20(28)21(29)25-19-5-2-4-17(12-19)14-26-11-3-10-23-26/h2-12H,13-14H2,1H3,(H,22,28)(H,24,27)(H,25,29). The highest BCUT2D eigenvalue weighted by Crippen LogP contribution is 2.12. The van der Waals surface area contributed by atoms with Gasteiger partial charge in [-0.05, 0) is 41.5 Å². The molecule has 0 atom stereocenters. The van der Waals surface area contributed by atoms with Crippen molar-refractivity contribution in [3.63, 3.8) is 0 Å². The molecule has 0 aliphatic rings. The number of anilines is 2. The van der Waals surface area contributed by atoms with E-state index in [9.17, 15) is 14.4 Å². The summed E-state index contributed by atoms with van der Waals surface area (Å²) < 4.78 is 1.77. The predicted molar refractivity (Wildman–Crippen MR) is 109 cm³/mol. The van der Waals surface area contributed by atoms with Gasteiger partial charge in [0.2, 0.25) is 5.91 Å². The Kier molecular flexibility index (Phi) is 6.36. The van der Waals surface area contributed by atoms with Gasteiger partial charge in [0, 0.05) is 37.2 Å². The summed E-state index contributed by atoms with van der Waals surface area (Å²) in [6.07, 6.45) is 3.55. The van der Waals surface area contributed by atoms with E-state index in [1.54, 1.807) is 47.3 Å². The second-order valence-corrected chi connectivity index (χ2v) is 6.42. The van der Waals surface area contributed by atoms with Crippen LogP contribution in [0.25, 0.3) is 0 Å². The fourth-order valence-electron chi connectivity index (χ4n) is 2.69. The van der Waals surface area contributed by atoms with Gasteiger partial charge in [-0.15, -0.1) is 0 Å². The van der Waals surface area contributed by atoms with Gasteiger partial charge in [-0.3, -0.25) is 19.1 Å². The quantitative estimate of drug-likeness (QED) is 0.560. The summed E-state index contributed by atoms with van der Waals surface area (Å²) in [7, 11) is 0. The number of benzene rings is 2. The first-order chi connectivity index (χ1) is 14.0. The maximum Gasteiger partial charge on any atom is 0.313 e. The van der Waals surface area contributed by atoms with Crippen LogP contribution in [0.4, 0.5) is 11.4 Å². The Morgan fingerprint density at radius 2 is 1.69 bits per heavy atom. The van der Waals surface area contributed by atoms with Crippen LogP contribution in [0.2, 0.25) is 0 Å². The lowest BCUT2D eigenvalue weighted by Gasteiger charge is -2.09. The van der Waals surface area contributed by atoms with E-state index in [1.807, 2.05) is 24.4 Å². The van der Waals surface area contributed by atoms with E-state index in [1.165, 1.54) is 6.92 Å². The van der Waals surface area contributed by atoms with Crippen LogP contribution in [-0.2, 0) is 27.5 Å². The van der Waals surface area contributed by atoms with Crippen LogP contribution >= 0.6 is 0 Å². The molecule has 1 aromatic heterocycles. The molecule has 0 spiro atoms. The normalized spacial score (nSPS) is 10.2. The topological polar surface area (TPSA) is 105 Å². The van der Waals surface area contributed by atoms with E-state index in [4.69, 9.17) is 0 Å². The van der Waals surface area contributed by atoms with Crippen molar-refractivity contribution in [3.05, 3.63) is 78.1 Å². The highest BCUT2D eigenvalue weighted by molar-refractivity contribution is 6.39. The summed E-state index contributed by atoms with van der Waals surface area (Å²) in [6, 6.07) is 16.1. The lowest BCUT2D eigenvalue weighted by molar-refractivity contribution is -0.136. The molecule has 0 fully saturated rings. The molecule has 0 unspecified atom stereocenters. The van der Waals surface area contributed by atoms with E-state index >= 15 is 0 Å². The molecule has 0 aliphatic heterocycles. The fourth-order valence-corrected chi connectivity index (χ4v) is 2.69. The van der Waals surface area contributed by atoms with Gasteiger partial charge in [0.1, 0.15) is 0 Å². The number of carbonyl (C=O) groups is 3. The highest BCUT2D eigenvalue weighted by Gasteiger charge is 2.13. The Balaban J connectivity index is 1.51. The minimum absolute atomic E-state index is 0.156. The molecule has 2 aromatic carbocycles. The molecule has 0 bridgehead atoms. The highest BCUT2D eigenvalue weighted by atomic mass is 16.2. The van der Waals surface area contributed by atoms with Crippen molar-refractivity contribution in [2.24, 2.45) is 0 Å². The van der Waals surface area contributed by atoms with Gasteiger partial charge >= 0.3 is 11.8 Å². The molecule has 3 rings (SSSR count). The molecule has 29 heavy (non-hydrogen) atoms. The number of nitrogens with one attached hydrogen (secondary N) is 3. The largest absolute Gasteiger partial charge is 0.344 e. The SMILES string of the molecule is CC(=O)Nc1ccc(CNC(=O)C(=O)Nc2cccc(Cn3cccn3)c2)cc1. The van der Waals surface area contributed by atoms with Crippen LogP contribution in [-0.4, -0.2) is 27.5 Å². The molecule has 0 aliphatic carbocycles. The van der Waals surface area contributed by atoms with E-state index in [0.717, 1.165) is 11.1 Å². The molecular weight excluding hydrogens is 370 g/mol. The summed E-state index contributed by atoms with van der Waals surface area (Å²) in [5.41, 5.74) is 2.96. The Labute approximate surface area is 167 Å². The first-order valence-corrected chi connectivity index (χ1v) is 9.02. The van der Waals surface area contributed by atoms with Gasteiger partial charge < -0.3 is 16.0 Å². The van der Waals surface area contributed by atoms with Crippen LogP contribution in [0.1, 0.15) is 18.1 Å². The molecule has 148 valence electrons. The predicted octanol–water partition coefficient (Wildman–Crippen LogP) is 2.14. The number of aromatic nitrogens is 2. The van der Waals surface area contributed by atoms with E-state index in [2.05, 4.69) is 21.0 Å². The fraction of sp³-hybridized carbons (Fsp3) is 0.143. The lowest BCUT2D eigenvalue weighted by Crippen LogP contribution is -2.34. The van der Waals surface area contributed by atoms with Crippen molar-refractivity contribution in [1.29, 1.82) is 0 Å². The van der Waals surface area contributed by atoms with Crippen molar-refractivity contribution in [1.82, 2.24) is 15.1 Å². The number of hydrogen-bond acceptors (Lipinski definition) is 4. The summed E-state index contributed by atoms with van der Waals surface area (Å²) >= 11 is 0. The summed E-state index contributed by atoms with van der Waals surface area (Å²) in [4.78, 5) is 35.3. The molecule has 3 N–H and O–H groups in total. The van der Waals surface area contributed by atoms with E-state index in [0.29, 0.717) is 17.9 Å². The molecular formula is C21H21N5O3. The van der Waals surface area contributed by atoms with Gasteiger partial charge in [-0.1, -0.05) is 24.3 Å².